The van der Waals surface area contributed by atoms with Gasteiger partial charge in [-0.2, -0.15) is 5.26 Å². The van der Waals surface area contributed by atoms with Gasteiger partial charge >= 0.3 is 12.2 Å². The maximum absolute atomic E-state index is 13.7. The van der Waals surface area contributed by atoms with E-state index < -0.39 is 46.4 Å². The van der Waals surface area contributed by atoms with Crippen molar-refractivity contribution in [3.8, 4) is 11.8 Å². The van der Waals surface area contributed by atoms with Crippen LogP contribution in [0.5, 0.6) is 5.75 Å². The number of imide groups is 1. The van der Waals surface area contributed by atoms with Gasteiger partial charge in [-0.15, -0.1) is 0 Å². The molecule has 12 nitrogen and oxygen atoms in total. The Labute approximate surface area is 213 Å². The van der Waals surface area contributed by atoms with Gasteiger partial charge in [0.25, 0.3) is 15.9 Å². The van der Waals surface area contributed by atoms with E-state index in [1.807, 2.05) is 6.07 Å². The molecule has 1 N–H and O–H groups in total. The van der Waals surface area contributed by atoms with Crippen molar-refractivity contribution in [3.05, 3.63) is 48.0 Å². The number of nitriles is 1. The summed E-state index contributed by atoms with van der Waals surface area (Å²) in [5.74, 6) is -0.418. The van der Waals surface area contributed by atoms with Crippen molar-refractivity contribution < 1.29 is 37.0 Å². The molecule has 0 saturated carbocycles. The largest absolute Gasteiger partial charge is 0.484 e. The number of hydrogen-bond donors (Lipinski definition) is 1. The number of carbonyl (C=O) groups is 3. The summed E-state index contributed by atoms with van der Waals surface area (Å²) in [6, 6.07) is 11.8. The fourth-order valence-corrected chi connectivity index (χ4v) is 5.29. The highest BCUT2D eigenvalue weighted by molar-refractivity contribution is 7.92. The molecule has 0 radical (unpaired) electrons. The minimum absolute atomic E-state index is 0.113. The second-order valence-electron chi connectivity index (χ2n) is 9.28. The zero-order valence-corrected chi connectivity index (χ0v) is 21.1. The second kappa shape index (κ2) is 9.62. The Kier molecular flexibility index (Phi) is 6.70. The Bertz CT molecular complexity index is 1390. The quantitative estimate of drug-likeness (QED) is 0.616. The predicted molar refractivity (Wildman–Crippen MR) is 129 cm³/mol. The van der Waals surface area contributed by atoms with Crippen molar-refractivity contribution in [1.29, 1.82) is 5.26 Å². The first kappa shape index (κ1) is 25.8. The smallest absolute Gasteiger partial charge is 0.417 e. The lowest BCUT2D eigenvalue weighted by molar-refractivity contribution is -0.126. The van der Waals surface area contributed by atoms with Crippen LogP contribution >= 0.6 is 0 Å². The Morgan fingerprint density at radius 2 is 1.97 bits per heavy atom. The molecule has 2 aromatic rings. The number of anilines is 2. The maximum atomic E-state index is 13.7. The lowest BCUT2D eigenvalue weighted by atomic mass is 10.2. The summed E-state index contributed by atoms with van der Waals surface area (Å²) in [6.45, 7) is 4.22. The summed E-state index contributed by atoms with van der Waals surface area (Å²) in [6.07, 6.45) is -2.49. The van der Waals surface area contributed by atoms with Crippen LogP contribution in [0.3, 0.4) is 0 Å². The first-order chi connectivity index (χ1) is 17.4. The highest BCUT2D eigenvalue weighted by Crippen LogP contribution is 2.39. The molecule has 194 valence electrons. The molecule has 1 fully saturated rings. The van der Waals surface area contributed by atoms with Crippen LogP contribution in [0.4, 0.5) is 21.0 Å². The van der Waals surface area contributed by atoms with Gasteiger partial charge in [-0.3, -0.25) is 14.4 Å². The zero-order valence-electron chi connectivity index (χ0n) is 20.3. The lowest BCUT2D eigenvalue weighted by Gasteiger charge is -2.36. The summed E-state index contributed by atoms with van der Waals surface area (Å²) < 4.78 is 44.4. The third-order valence-electron chi connectivity index (χ3n) is 5.31. The maximum Gasteiger partial charge on any atom is 0.417 e. The minimum Gasteiger partial charge on any atom is -0.484 e. The van der Waals surface area contributed by atoms with Gasteiger partial charge in [0.2, 0.25) is 0 Å². The van der Waals surface area contributed by atoms with Crippen LogP contribution < -0.4 is 14.4 Å². The average molecular weight is 529 g/mol. The Morgan fingerprint density at radius 3 is 2.62 bits per heavy atom. The van der Waals surface area contributed by atoms with Crippen LogP contribution in [0.1, 0.15) is 26.3 Å². The van der Waals surface area contributed by atoms with E-state index in [4.69, 9.17) is 14.2 Å². The molecule has 2 heterocycles. The number of benzene rings is 2. The number of sulfonamides is 1. The van der Waals surface area contributed by atoms with Gasteiger partial charge in [0.05, 0.1) is 35.3 Å². The van der Waals surface area contributed by atoms with Crippen molar-refractivity contribution in [2.75, 3.05) is 29.3 Å². The number of nitrogens with one attached hydrogen (secondary N) is 1. The first-order valence-corrected chi connectivity index (χ1v) is 12.6. The summed E-state index contributed by atoms with van der Waals surface area (Å²) in [5.41, 5.74) is -0.233. The van der Waals surface area contributed by atoms with Crippen molar-refractivity contribution >= 4 is 39.5 Å². The molecule has 2 aliphatic rings. The van der Waals surface area contributed by atoms with Crippen LogP contribution in [0.2, 0.25) is 0 Å². The van der Waals surface area contributed by atoms with Crippen molar-refractivity contribution in [2.24, 2.45) is 0 Å². The van der Waals surface area contributed by atoms with E-state index >= 15 is 0 Å². The van der Waals surface area contributed by atoms with Crippen LogP contribution in [-0.4, -0.2) is 62.8 Å². The molecule has 1 atom stereocenters. The molecule has 0 aliphatic carbocycles. The molecule has 37 heavy (non-hydrogen) atoms. The lowest BCUT2D eigenvalue weighted by Crippen LogP contribution is -2.49. The minimum atomic E-state index is -4.24. The fourth-order valence-electron chi connectivity index (χ4n) is 3.75. The molecule has 4 rings (SSSR count). The van der Waals surface area contributed by atoms with Gasteiger partial charge in [-0.25, -0.2) is 22.9 Å². The Balaban J connectivity index is 1.71. The van der Waals surface area contributed by atoms with Crippen molar-refractivity contribution in [2.45, 2.75) is 37.4 Å². The van der Waals surface area contributed by atoms with Crippen LogP contribution in [0.15, 0.2) is 47.4 Å². The van der Waals surface area contributed by atoms with Gasteiger partial charge < -0.3 is 14.2 Å². The van der Waals surface area contributed by atoms with E-state index in [1.54, 1.807) is 20.8 Å². The van der Waals surface area contributed by atoms with Crippen molar-refractivity contribution in [1.82, 2.24) is 4.90 Å². The molecule has 0 spiro atoms. The number of amides is 3. The Morgan fingerprint density at radius 1 is 1.22 bits per heavy atom. The van der Waals surface area contributed by atoms with Gasteiger partial charge in [-0.05, 0) is 57.2 Å². The van der Waals surface area contributed by atoms with Crippen LogP contribution in [-0.2, 0) is 24.3 Å². The molecule has 0 bridgehead atoms. The van der Waals surface area contributed by atoms with E-state index in [0.717, 1.165) is 9.21 Å². The number of rotatable bonds is 5. The highest BCUT2D eigenvalue weighted by atomic mass is 32.2. The monoisotopic (exact) mass is 528 g/mol. The van der Waals surface area contributed by atoms with E-state index in [0.29, 0.717) is 0 Å². The predicted octanol–water partition coefficient (Wildman–Crippen LogP) is 2.84. The number of fused-ring (bicyclic) bond motifs is 1. The number of ether oxygens (including phenoxy) is 3. The third kappa shape index (κ3) is 5.59. The number of hydrogen-bond acceptors (Lipinski definition) is 9. The summed E-state index contributed by atoms with van der Waals surface area (Å²) in [7, 11) is -4.24. The highest BCUT2D eigenvalue weighted by Gasteiger charge is 2.39. The van der Waals surface area contributed by atoms with Gasteiger partial charge in [-0.1, -0.05) is 6.07 Å². The summed E-state index contributed by atoms with van der Waals surface area (Å²) in [5, 5.41) is 11.8. The van der Waals surface area contributed by atoms with Crippen LogP contribution in [0, 0.1) is 11.3 Å². The second-order valence-corrected chi connectivity index (χ2v) is 11.1. The number of cyclic esters (lactones) is 1. The van der Waals surface area contributed by atoms with Gasteiger partial charge in [0.1, 0.15) is 17.5 Å². The molecule has 13 heteroatoms. The normalized spacial score (nSPS) is 17.4. The molecule has 3 amide bonds. The molecule has 1 unspecified atom stereocenters. The van der Waals surface area contributed by atoms with Crippen LogP contribution in [0.25, 0.3) is 0 Å². The van der Waals surface area contributed by atoms with Crippen molar-refractivity contribution in [3.63, 3.8) is 0 Å². The van der Waals surface area contributed by atoms with Gasteiger partial charge in [0.15, 0.2) is 6.61 Å². The van der Waals surface area contributed by atoms with E-state index in [1.165, 1.54) is 42.5 Å². The number of carbonyl (C=O) groups excluding carboxylic acids is 3. The number of nitrogens with zero attached hydrogens (tertiary/aromatic N) is 3. The molecule has 1 saturated heterocycles. The topological polar surface area (TPSA) is 155 Å². The first-order valence-electron chi connectivity index (χ1n) is 11.2. The molecule has 2 aliphatic heterocycles. The molecular formula is C24H24N4O8S. The summed E-state index contributed by atoms with van der Waals surface area (Å²) >= 11 is 0. The standard InChI is InChI=1S/C24H24N4O8S/c1-24(2,3)36-22(30)26-16-7-8-20-19(10-16)28(37(32,33)18-6-4-5-15(9-18)11-25)13-17(35-20)12-27-21(29)14-34-23(27)31/h4-10,17H,12-14H2,1-3H3,(H,26,30). The van der Waals surface area contributed by atoms with E-state index in [9.17, 15) is 28.1 Å². The average Bonchev–Trinajstić information content (AvgIpc) is 3.14. The molecule has 2 aromatic carbocycles. The zero-order chi connectivity index (χ0) is 27.0. The van der Waals surface area contributed by atoms with Gasteiger partial charge in [0, 0.05) is 5.69 Å². The van der Waals surface area contributed by atoms with E-state index in [-0.39, 0.29) is 40.7 Å². The third-order valence-corrected chi connectivity index (χ3v) is 7.09. The Hall–Kier alpha value is -4.31. The fraction of sp³-hybridized carbons (Fsp3) is 0.333. The SMILES string of the molecule is CC(C)(C)OC(=O)Nc1ccc2c(c1)N(S(=O)(=O)c1cccc(C#N)c1)CC(CN1C(=O)COC1=O)O2. The summed E-state index contributed by atoms with van der Waals surface area (Å²) in [4.78, 5) is 36.9. The van der Waals surface area contributed by atoms with E-state index in [2.05, 4.69) is 5.32 Å². The molecular weight excluding hydrogens is 504 g/mol. The molecule has 0 aromatic heterocycles.